The molecular weight excluding hydrogens is 180 g/mol. The van der Waals surface area contributed by atoms with Gasteiger partial charge in [0.2, 0.25) is 11.8 Å². The lowest BCUT2D eigenvalue weighted by Crippen LogP contribution is -2.45. The first-order chi connectivity index (χ1) is 6.56. The second kappa shape index (κ2) is 4.44. The summed E-state index contributed by atoms with van der Waals surface area (Å²) in [5.74, 6) is 0.508. The first-order valence-corrected chi connectivity index (χ1v) is 5.14. The number of rotatable bonds is 4. The van der Waals surface area contributed by atoms with E-state index in [4.69, 9.17) is 0 Å². The Morgan fingerprint density at radius 1 is 1.50 bits per heavy atom. The van der Waals surface area contributed by atoms with E-state index in [0.29, 0.717) is 12.5 Å². The van der Waals surface area contributed by atoms with Crippen molar-refractivity contribution in [3.05, 3.63) is 0 Å². The molecule has 0 spiro atoms. The fourth-order valence-electron chi connectivity index (χ4n) is 1.40. The molecule has 2 N–H and O–H groups in total. The molecule has 0 aromatic carbocycles. The van der Waals surface area contributed by atoms with Crippen molar-refractivity contribution in [2.75, 3.05) is 6.54 Å². The Morgan fingerprint density at radius 2 is 2.07 bits per heavy atom. The normalized spacial score (nSPS) is 26.5. The topological polar surface area (TPSA) is 58.2 Å². The fraction of sp³-hybridized carbons (Fsp3) is 0.800. The Morgan fingerprint density at radius 3 is 2.50 bits per heavy atom. The number of hydrogen-bond acceptors (Lipinski definition) is 2. The van der Waals surface area contributed by atoms with Crippen LogP contribution in [0.1, 0.15) is 27.2 Å². The molecular formula is C10H18N2O2. The van der Waals surface area contributed by atoms with E-state index in [1.54, 1.807) is 6.92 Å². The zero-order valence-electron chi connectivity index (χ0n) is 8.96. The molecule has 0 aromatic rings. The number of hydrogen-bond donors (Lipinski definition) is 2. The Balaban J connectivity index is 2.29. The highest BCUT2D eigenvalue weighted by atomic mass is 16.2. The molecule has 2 amide bonds. The molecule has 0 bridgehead atoms. The largest absolute Gasteiger partial charge is 0.355 e. The molecule has 0 aliphatic heterocycles. The quantitative estimate of drug-likeness (QED) is 0.682. The number of likely N-dealkylation sites (N-methyl/N-ethyl adjacent to an activating group) is 1. The zero-order valence-corrected chi connectivity index (χ0v) is 8.96. The molecule has 1 aliphatic carbocycles. The molecule has 3 atom stereocenters. The summed E-state index contributed by atoms with van der Waals surface area (Å²) in [5, 5.41) is 5.37. The lowest BCUT2D eigenvalue weighted by atomic mass is 10.2. The van der Waals surface area contributed by atoms with Crippen LogP contribution < -0.4 is 10.6 Å². The average molecular weight is 198 g/mol. The zero-order chi connectivity index (χ0) is 10.7. The van der Waals surface area contributed by atoms with Crippen molar-refractivity contribution in [1.29, 1.82) is 0 Å². The van der Waals surface area contributed by atoms with Gasteiger partial charge in [0.1, 0.15) is 6.04 Å². The van der Waals surface area contributed by atoms with Crippen LogP contribution in [0.25, 0.3) is 0 Å². The van der Waals surface area contributed by atoms with Crippen LogP contribution in [0.2, 0.25) is 0 Å². The maximum Gasteiger partial charge on any atom is 0.242 e. The van der Waals surface area contributed by atoms with Crippen LogP contribution in [-0.4, -0.2) is 24.4 Å². The molecule has 14 heavy (non-hydrogen) atoms. The van der Waals surface area contributed by atoms with Gasteiger partial charge in [-0.15, -0.1) is 0 Å². The highest BCUT2D eigenvalue weighted by Gasteiger charge is 2.39. The summed E-state index contributed by atoms with van der Waals surface area (Å²) in [6, 6.07) is -0.421. The molecule has 0 saturated heterocycles. The van der Waals surface area contributed by atoms with Crippen LogP contribution in [0.3, 0.4) is 0 Å². The van der Waals surface area contributed by atoms with E-state index in [1.165, 1.54) is 0 Å². The van der Waals surface area contributed by atoms with E-state index in [1.807, 2.05) is 13.8 Å². The summed E-state index contributed by atoms with van der Waals surface area (Å²) >= 11 is 0. The number of amides is 2. The lowest BCUT2D eigenvalue weighted by molar-refractivity contribution is -0.129. The monoisotopic (exact) mass is 198 g/mol. The molecule has 1 rings (SSSR count). The van der Waals surface area contributed by atoms with Crippen molar-refractivity contribution >= 4 is 11.8 Å². The minimum Gasteiger partial charge on any atom is -0.355 e. The van der Waals surface area contributed by atoms with Crippen molar-refractivity contribution in [3.8, 4) is 0 Å². The molecule has 4 heteroatoms. The van der Waals surface area contributed by atoms with Gasteiger partial charge in [-0.1, -0.05) is 6.92 Å². The Kier molecular flexibility index (Phi) is 3.49. The summed E-state index contributed by atoms with van der Waals surface area (Å²) in [5.41, 5.74) is 0. The maximum absolute atomic E-state index is 11.4. The molecule has 1 fully saturated rings. The van der Waals surface area contributed by atoms with Gasteiger partial charge in [0.25, 0.3) is 0 Å². The molecule has 0 heterocycles. The van der Waals surface area contributed by atoms with E-state index < -0.39 is 6.04 Å². The lowest BCUT2D eigenvalue weighted by Gasteiger charge is -2.12. The van der Waals surface area contributed by atoms with Gasteiger partial charge in [-0.3, -0.25) is 9.59 Å². The number of carbonyl (C=O) groups excluding carboxylic acids is 2. The van der Waals surface area contributed by atoms with Crippen molar-refractivity contribution in [1.82, 2.24) is 10.6 Å². The third kappa shape index (κ3) is 2.72. The summed E-state index contributed by atoms with van der Waals surface area (Å²) in [7, 11) is 0. The third-order valence-corrected chi connectivity index (χ3v) is 2.55. The standard InChI is InChI=1S/C10H18N2O2/c1-4-11-9(13)7(3)12-10(14)8-5-6(8)2/h6-8H,4-5H2,1-3H3,(H,11,13)(H,12,14)/t6-,7+,8-/m1/s1. The summed E-state index contributed by atoms with van der Waals surface area (Å²) in [6.45, 7) is 6.20. The molecule has 0 aromatic heterocycles. The Bertz CT molecular complexity index is 240. The van der Waals surface area contributed by atoms with E-state index >= 15 is 0 Å². The SMILES string of the molecule is CCNC(=O)[C@H](C)NC(=O)[C@@H]1C[C@H]1C. The van der Waals surface area contributed by atoms with Gasteiger partial charge in [0, 0.05) is 12.5 Å². The summed E-state index contributed by atoms with van der Waals surface area (Å²) < 4.78 is 0. The molecule has 80 valence electrons. The third-order valence-electron chi connectivity index (χ3n) is 2.55. The van der Waals surface area contributed by atoms with Gasteiger partial charge < -0.3 is 10.6 Å². The van der Waals surface area contributed by atoms with E-state index in [9.17, 15) is 9.59 Å². The van der Waals surface area contributed by atoms with Crippen LogP contribution in [-0.2, 0) is 9.59 Å². The van der Waals surface area contributed by atoms with Gasteiger partial charge in [-0.05, 0) is 26.2 Å². The van der Waals surface area contributed by atoms with Gasteiger partial charge in [0.15, 0.2) is 0 Å². The van der Waals surface area contributed by atoms with E-state index in [2.05, 4.69) is 10.6 Å². The maximum atomic E-state index is 11.4. The van der Waals surface area contributed by atoms with E-state index in [-0.39, 0.29) is 17.7 Å². The Hall–Kier alpha value is -1.06. The first-order valence-electron chi connectivity index (χ1n) is 5.14. The smallest absolute Gasteiger partial charge is 0.242 e. The molecule has 0 unspecified atom stereocenters. The summed E-state index contributed by atoms with van der Waals surface area (Å²) in [4.78, 5) is 22.7. The number of carbonyl (C=O) groups is 2. The van der Waals surface area contributed by atoms with E-state index in [0.717, 1.165) is 6.42 Å². The molecule has 0 radical (unpaired) electrons. The van der Waals surface area contributed by atoms with Crippen LogP contribution in [0, 0.1) is 11.8 Å². The first kappa shape index (κ1) is 11.0. The van der Waals surface area contributed by atoms with Crippen molar-refractivity contribution in [2.45, 2.75) is 33.2 Å². The minimum absolute atomic E-state index is 0.0104. The number of nitrogens with one attached hydrogen (secondary N) is 2. The predicted octanol–water partition coefficient (Wildman–Crippen LogP) is 0.283. The minimum atomic E-state index is -0.421. The molecule has 1 saturated carbocycles. The highest BCUT2D eigenvalue weighted by Crippen LogP contribution is 2.37. The van der Waals surface area contributed by atoms with Gasteiger partial charge >= 0.3 is 0 Å². The van der Waals surface area contributed by atoms with Gasteiger partial charge in [0.05, 0.1) is 0 Å². The van der Waals surface area contributed by atoms with Crippen molar-refractivity contribution < 1.29 is 9.59 Å². The van der Waals surface area contributed by atoms with Crippen LogP contribution in [0.5, 0.6) is 0 Å². The predicted molar refractivity (Wildman–Crippen MR) is 53.6 cm³/mol. The molecule has 4 nitrogen and oxygen atoms in total. The summed E-state index contributed by atoms with van der Waals surface area (Å²) in [6.07, 6.45) is 0.952. The Labute approximate surface area is 84.4 Å². The van der Waals surface area contributed by atoms with Gasteiger partial charge in [-0.25, -0.2) is 0 Å². The van der Waals surface area contributed by atoms with Crippen LogP contribution in [0.4, 0.5) is 0 Å². The second-order valence-corrected chi connectivity index (χ2v) is 3.94. The fourth-order valence-corrected chi connectivity index (χ4v) is 1.40. The van der Waals surface area contributed by atoms with Gasteiger partial charge in [-0.2, -0.15) is 0 Å². The average Bonchev–Trinajstić information content (AvgIpc) is 2.83. The van der Waals surface area contributed by atoms with Crippen molar-refractivity contribution in [3.63, 3.8) is 0 Å². The van der Waals surface area contributed by atoms with Crippen LogP contribution >= 0.6 is 0 Å². The van der Waals surface area contributed by atoms with Crippen molar-refractivity contribution in [2.24, 2.45) is 11.8 Å². The molecule has 1 aliphatic rings. The second-order valence-electron chi connectivity index (χ2n) is 3.94. The van der Waals surface area contributed by atoms with Crippen LogP contribution in [0.15, 0.2) is 0 Å². The highest BCUT2D eigenvalue weighted by molar-refractivity contribution is 5.89.